The Morgan fingerprint density at radius 2 is 1.90 bits per heavy atom. The molecule has 118 valence electrons. The predicted octanol–water partition coefficient (Wildman–Crippen LogP) is 2.71. The lowest BCUT2D eigenvalue weighted by atomic mass is 10.0. The van der Waals surface area contributed by atoms with Crippen molar-refractivity contribution in [2.24, 2.45) is 17.6 Å². The Balaban J connectivity index is 2.56. The van der Waals surface area contributed by atoms with Gasteiger partial charge in [0, 0.05) is 12.1 Å². The van der Waals surface area contributed by atoms with Gasteiger partial charge in [0.05, 0.1) is 12.6 Å². The van der Waals surface area contributed by atoms with E-state index < -0.39 is 6.04 Å². The fraction of sp³-hybridized carbons (Fsp3) is 0.588. The van der Waals surface area contributed by atoms with E-state index in [-0.39, 0.29) is 11.8 Å². The number of amides is 1. The molecule has 0 spiro atoms. The molecule has 4 nitrogen and oxygen atoms in total. The van der Waals surface area contributed by atoms with Gasteiger partial charge in [0.1, 0.15) is 5.75 Å². The van der Waals surface area contributed by atoms with Gasteiger partial charge < -0.3 is 15.8 Å². The summed E-state index contributed by atoms with van der Waals surface area (Å²) in [7, 11) is 0. The number of benzene rings is 1. The van der Waals surface area contributed by atoms with Crippen molar-refractivity contribution in [2.45, 2.75) is 46.7 Å². The van der Waals surface area contributed by atoms with Crippen LogP contribution in [0.15, 0.2) is 24.3 Å². The molecule has 3 N–H and O–H groups in total. The first-order chi connectivity index (χ1) is 9.91. The first-order valence-corrected chi connectivity index (χ1v) is 7.65. The average molecular weight is 292 g/mol. The van der Waals surface area contributed by atoms with Crippen molar-refractivity contribution in [3.8, 4) is 5.75 Å². The molecule has 1 aromatic rings. The normalized spacial score (nSPS) is 12.5. The lowest BCUT2D eigenvalue weighted by molar-refractivity contribution is -0.123. The largest absolute Gasteiger partial charge is 0.493 e. The molecular weight excluding hydrogens is 264 g/mol. The molecule has 1 amide bonds. The number of para-hydroxylation sites is 1. The summed E-state index contributed by atoms with van der Waals surface area (Å²) in [4.78, 5) is 11.9. The minimum absolute atomic E-state index is 0.123. The molecule has 0 bridgehead atoms. The van der Waals surface area contributed by atoms with Gasteiger partial charge in [0.15, 0.2) is 0 Å². The first kappa shape index (κ1) is 17.5. The average Bonchev–Trinajstić information content (AvgIpc) is 2.44. The second-order valence-corrected chi connectivity index (χ2v) is 6.13. The Hall–Kier alpha value is -1.55. The van der Waals surface area contributed by atoms with Gasteiger partial charge in [0.2, 0.25) is 5.91 Å². The van der Waals surface area contributed by atoms with Crippen LogP contribution in [0, 0.1) is 11.8 Å². The zero-order valence-electron chi connectivity index (χ0n) is 13.6. The molecule has 0 heterocycles. The van der Waals surface area contributed by atoms with Crippen molar-refractivity contribution in [2.75, 3.05) is 6.61 Å². The van der Waals surface area contributed by atoms with Crippen molar-refractivity contribution in [3.05, 3.63) is 29.8 Å². The third-order valence-electron chi connectivity index (χ3n) is 3.40. The van der Waals surface area contributed by atoms with Gasteiger partial charge in [-0.15, -0.1) is 0 Å². The van der Waals surface area contributed by atoms with Gasteiger partial charge in [0.25, 0.3) is 0 Å². The van der Waals surface area contributed by atoms with E-state index in [9.17, 15) is 4.79 Å². The van der Waals surface area contributed by atoms with E-state index in [0.29, 0.717) is 19.1 Å². The van der Waals surface area contributed by atoms with E-state index in [1.54, 1.807) is 0 Å². The van der Waals surface area contributed by atoms with Crippen LogP contribution in [0.3, 0.4) is 0 Å². The fourth-order valence-electron chi connectivity index (χ4n) is 1.80. The monoisotopic (exact) mass is 292 g/mol. The van der Waals surface area contributed by atoms with Crippen molar-refractivity contribution in [1.82, 2.24) is 5.32 Å². The zero-order valence-corrected chi connectivity index (χ0v) is 13.6. The lowest BCUT2D eigenvalue weighted by Gasteiger charge is -2.17. The van der Waals surface area contributed by atoms with Crippen LogP contribution in [0.2, 0.25) is 0 Å². The lowest BCUT2D eigenvalue weighted by Crippen LogP contribution is -2.43. The molecule has 0 saturated heterocycles. The fourth-order valence-corrected chi connectivity index (χ4v) is 1.80. The molecule has 0 fully saturated rings. The minimum Gasteiger partial charge on any atom is -0.493 e. The Morgan fingerprint density at radius 1 is 1.24 bits per heavy atom. The molecule has 1 aromatic carbocycles. The number of nitrogens with one attached hydrogen (secondary N) is 1. The Bertz CT molecular complexity index is 444. The van der Waals surface area contributed by atoms with Crippen LogP contribution < -0.4 is 15.8 Å². The third-order valence-corrected chi connectivity index (χ3v) is 3.40. The van der Waals surface area contributed by atoms with Crippen LogP contribution in [0.1, 0.15) is 39.7 Å². The topological polar surface area (TPSA) is 64.3 Å². The highest BCUT2D eigenvalue weighted by molar-refractivity contribution is 5.81. The van der Waals surface area contributed by atoms with E-state index in [0.717, 1.165) is 17.7 Å². The third kappa shape index (κ3) is 6.17. The Labute approximate surface area is 128 Å². The van der Waals surface area contributed by atoms with Gasteiger partial charge in [-0.05, 0) is 24.3 Å². The molecule has 0 aliphatic rings. The summed E-state index contributed by atoms with van der Waals surface area (Å²) in [6.07, 6.45) is 1.01. The van der Waals surface area contributed by atoms with Gasteiger partial charge in [-0.25, -0.2) is 0 Å². The standard InChI is InChI=1S/C17H28N2O2/c1-12(2)9-10-21-15-8-6-5-7-14(15)11-19-17(20)16(18)13(3)4/h5-8,12-13,16H,9-11,18H2,1-4H3,(H,19,20)/t16-/m0/s1. The summed E-state index contributed by atoms with van der Waals surface area (Å²) in [5.74, 6) is 1.45. The van der Waals surface area contributed by atoms with Crippen LogP contribution in [-0.4, -0.2) is 18.6 Å². The van der Waals surface area contributed by atoms with E-state index >= 15 is 0 Å². The van der Waals surface area contributed by atoms with Crippen LogP contribution in [0.25, 0.3) is 0 Å². The SMILES string of the molecule is CC(C)CCOc1ccccc1CNC(=O)[C@@H](N)C(C)C. The number of ether oxygens (including phenoxy) is 1. The maximum absolute atomic E-state index is 11.9. The number of carbonyl (C=O) groups is 1. The molecule has 0 aliphatic carbocycles. The van der Waals surface area contributed by atoms with Crippen LogP contribution in [-0.2, 0) is 11.3 Å². The summed E-state index contributed by atoms with van der Waals surface area (Å²) >= 11 is 0. The molecule has 0 aromatic heterocycles. The maximum atomic E-state index is 11.9. The van der Waals surface area contributed by atoms with Crippen LogP contribution in [0.4, 0.5) is 0 Å². The number of rotatable bonds is 8. The van der Waals surface area contributed by atoms with E-state index in [1.165, 1.54) is 0 Å². The number of hydrogen-bond donors (Lipinski definition) is 2. The molecule has 0 saturated carbocycles. The highest BCUT2D eigenvalue weighted by Crippen LogP contribution is 2.18. The minimum atomic E-state index is -0.473. The molecule has 0 aliphatic heterocycles. The quantitative estimate of drug-likeness (QED) is 0.774. The summed E-state index contributed by atoms with van der Waals surface area (Å²) in [5.41, 5.74) is 6.81. The molecule has 1 atom stereocenters. The van der Waals surface area contributed by atoms with Crippen molar-refractivity contribution in [1.29, 1.82) is 0 Å². The van der Waals surface area contributed by atoms with Crippen molar-refractivity contribution < 1.29 is 9.53 Å². The van der Waals surface area contributed by atoms with Crippen molar-refractivity contribution in [3.63, 3.8) is 0 Å². The molecule has 0 unspecified atom stereocenters. The molecule has 0 radical (unpaired) electrons. The van der Waals surface area contributed by atoms with E-state index in [1.807, 2.05) is 38.1 Å². The van der Waals surface area contributed by atoms with E-state index in [4.69, 9.17) is 10.5 Å². The smallest absolute Gasteiger partial charge is 0.237 e. The van der Waals surface area contributed by atoms with Gasteiger partial charge in [-0.3, -0.25) is 4.79 Å². The predicted molar refractivity (Wildman–Crippen MR) is 86.1 cm³/mol. The molecule has 4 heteroatoms. The van der Waals surface area contributed by atoms with Crippen LogP contribution >= 0.6 is 0 Å². The van der Waals surface area contributed by atoms with Crippen LogP contribution in [0.5, 0.6) is 5.75 Å². The van der Waals surface area contributed by atoms with Gasteiger partial charge in [-0.2, -0.15) is 0 Å². The maximum Gasteiger partial charge on any atom is 0.237 e. The van der Waals surface area contributed by atoms with Crippen molar-refractivity contribution >= 4 is 5.91 Å². The Kier molecular flexibility index (Phi) is 7.23. The second kappa shape index (κ2) is 8.67. The summed E-state index contributed by atoms with van der Waals surface area (Å²) < 4.78 is 5.81. The van der Waals surface area contributed by atoms with E-state index in [2.05, 4.69) is 19.2 Å². The number of hydrogen-bond acceptors (Lipinski definition) is 3. The summed E-state index contributed by atoms with van der Waals surface area (Å²) in [5, 5.41) is 2.88. The summed E-state index contributed by atoms with van der Waals surface area (Å²) in [6.45, 7) is 9.34. The number of carbonyl (C=O) groups excluding carboxylic acids is 1. The first-order valence-electron chi connectivity index (χ1n) is 7.65. The second-order valence-electron chi connectivity index (χ2n) is 6.13. The molecular formula is C17H28N2O2. The number of nitrogens with two attached hydrogens (primary N) is 1. The zero-order chi connectivity index (χ0) is 15.8. The molecule has 21 heavy (non-hydrogen) atoms. The van der Waals surface area contributed by atoms with Gasteiger partial charge in [-0.1, -0.05) is 45.9 Å². The van der Waals surface area contributed by atoms with Gasteiger partial charge >= 0.3 is 0 Å². The highest BCUT2D eigenvalue weighted by atomic mass is 16.5. The molecule has 1 rings (SSSR count). The highest BCUT2D eigenvalue weighted by Gasteiger charge is 2.17. The summed E-state index contributed by atoms with van der Waals surface area (Å²) in [6, 6.07) is 7.31. The Morgan fingerprint density at radius 3 is 2.52 bits per heavy atom.